The number of aromatic nitrogens is 2. The fourth-order valence-corrected chi connectivity index (χ4v) is 3.97. The van der Waals surface area contributed by atoms with Gasteiger partial charge >= 0.3 is 5.97 Å². The van der Waals surface area contributed by atoms with Crippen LogP contribution in [0.5, 0.6) is 0 Å². The molecule has 1 aromatic heterocycles. The maximum absolute atomic E-state index is 13.7. The number of carboxylic acid groups (broad SMARTS) is 1. The van der Waals surface area contributed by atoms with Gasteiger partial charge < -0.3 is 10.1 Å². The van der Waals surface area contributed by atoms with Gasteiger partial charge in [-0.2, -0.15) is 0 Å². The van der Waals surface area contributed by atoms with Crippen LogP contribution in [0, 0.1) is 17.7 Å². The van der Waals surface area contributed by atoms with Crippen LogP contribution in [0.4, 0.5) is 4.39 Å². The van der Waals surface area contributed by atoms with E-state index >= 15 is 0 Å². The van der Waals surface area contributed by atoms with Crippen LogP contribution in [0.25, 0.3) is 11.0 Å². The lowest BCUT2D eigenvalue weighted by Crippen LogP contribution is -2.09. The lowest BCUT2D eigenvalue weighted by molar-refractivity contribution is 0.0692. The molecule has 20 heavy (non-hydrogen) atoms. The molecular weight excluding hydrogens is 259 g/mol. The minimum Gasteiger partial charge on any atom is -0.478 e. The molecule has 2 bridgehead atoms. The molecule has 0 saturated heterocycles. The van der Waals surface area contributed by atoms with Crippen molar-refractivity contribution in [3.8, 4) is 0 Å². The van der Waals surface area contributed by atoms with E-state index in [4.69, 9.17) is 5.11 Å². The molecule has 1 heterocycles. The Hall–Kier alpha value is -1.91. The zero-order valence-electron chi connectivity index (χ0n) is 10.9. The molecular formula is C15H15FN2O2. The molecule has 0 aliphatic heterocycles. The number of carbonyl (C=O) groups is 1. The molecule has 2 saturated carbocycles. The molecule has 5 heteroatoms. The largest absolute Gasteiger partial charge is 0.478 e. The SMILES string of the molecule is O=C(O)c1cc2nc(C3CC4CCC3C4)[nH]c2cc1F. The van der Waals surface area contributed by atoms with E-state index in [2.05, 4.69) is 9.97 Å². The topological polar surface area (TPSA) is 66.0 Å². The molecule has 2 aliphatic rings. The predicted octanol–water partition coefficient (Wildman–Crippen LogP) is 3.30. The van der Waals surface area contributed by atoms with E-state index in [-0.39, 0.29) is 5.56 Å². The molecule has 4 rings (SSSR count). The average Bonchev–Trinajstić information content (AvgIpc) is 3.10. The second kappa shape index (κ2) is 4.04. The van der Waals surface area contributed by atoms with Gasteiger partial charge in [-0.25, -0.2) is 14.2 Å². The standard InChI is InChI=1S/C15H15FN2O2/c16-11-6-13-12(5-10(11)15(19)20)17-14(18-13)9-4-7-1-2-8(9)3-7/h5-9H,1-4H2,(H,17,18)(H,19,20). The summed E-state index contributed by atoms with van der Waals surface area (Å²) in [6, 6.07) is 2.56. The fraction of sp³-hybridized carbons (Fsp3) is 0.467. The summed E-state index contributed by atoms with van der Waals surface area (Å²) in [6.45, 7) is 0. The highest BCUT2D eigenvalue weighted by molar-refractivity contribution is 5.92. The third-order valence-electron chi connectivity index (χ3n) is 4.91. The van der Waals surface area contributed by atoms with Crippen LogP contribution < -0.4 is 0 Å². The fourth-order valence-electron chi connectivity index (χ4n) is 3.97. The summed E-state index contributed by atoms with van der Waals surface area (Å²) in [5.41, 5.74) is 0.815. The highest BCUT2D eigenvalue weighted by Gasteiger charge is 2.41. The molecule has 0 radical (unpaired) electrons. The van der Waals surface area contributed by atoms with Crippen molar-refractivity contribution in [2.75, 3.05) is 0 Å². The normalized spacial score (nSPS) is 28.4. The number of rotatable bonds is 2. The number of H-pyrrole nitrogens is 1. The van der Waals surface area contributed by atoms with E-state index in [0.29, 0.717) is 22.9 Å². The summed E-state index contributed by atoms with van der Waals surface area (Å²) < 4.78 is 13.7. The third-order valence-corrected chi connectivity index (χ3v) is 4.91. The van der Waals surface area contributed by atoms with Gasteiger partial charge in [0.1, 0.15) is 11.6 Å². The molecule has 2 aliphatic carbocycles. The van der Waals surface area contributed by atoms with Gasteiger partial charge in [-0.15, -0.1) is 0 Å². The summed E-state index contributed by atoms with van der Waals surface area (Å²) >= 11 is 0. The van der Waals surface area contributed by atoms with Gasteiger partial charge in [-0.3, -0.25) is 0 Å². The number of aromatic carboxylic acids is 1. The van der Waals surface area contributed by atoms with E-state index in [0.717, 1.165) is 18.2 Å². The molecule has 2 N–H and O–H groups in total. The molecule has 104 valence electrons. The summed E-state index contributed by atoms with van der Waals surface area (Å²) in [7, 11) is 0. The van der Waals surface area contributed by atoms with E-state index in [9.17, 15) is 9.18 Å². The van der Waals surface area contributed by atoms with E-state index in [1.165, 1.54) is 31.4 Å². The first kappa shape index (κ1) is 11.9. The Morgan fingerprint density at radius 3 is 2.85 bits per heavy atom. The first-order chi connectivity index (χ1) is 9.61. The highest BCUT2D eigenvalue weighted by Crippen LogP contribution is 2.52. The maximum Gasteiger partial charge on any atom is 0.338 e. The van der Waals surface area contributed by atoms with Gasteiger partial charge in [0.15, 0.2) is 0 Å². The number of aromatic amines is 1. The summed E-state index contributed by atoms with van der Waals surface area (Å²) in [6.07, 6.45) is 5.00. The lowest BCUT2D eigenvalue weighted by Gasteiger charge is -2.18. The van der Waals surface area contributed by atoms with Crippen LogP contribution in [0.15, 0.2) is 12.1 Å². The van der Waals surface area contributed by atoms with Crippen LogP contribution in [-0.2, 0) is 0 Å². The van der Waals surface area contributed by atoms with Gasteiger partial charge in [0.05, 0.1) is 16.6 Å². The molecule has 0 amide bonds. The Kier molecular flexibility index (Phi) is 2.40. The van der Waals surface area contributed by atoms with Crippen molar-refractivity contribution in [1.82, 2.24) is 9.97 Å². The van der Waals surface area contributed by atoms with Crippen molar-refractivity contribution < 1.29 is 14.3 Å². The summed E-state index contributed by atoms with van der Waals surface area (Å²) in [4.78, 5) is 18.7. The Balaban J connectivity index is 1.77. The zero-order chi connectivity index (χ0) is 13.9. The number of fused-ring (bicyclic) bond motifs is 3. The first-order valence-corrected chi connectivity index (χ1v) is 7.04. The summed E-state index contributed by atoms with van der Waals surface area (Å²) in [5.74, 6) is 0.850. The predicted molar refractivity (Wildman–Crippen MR) is 71.2 cm³/mol. The molecule has 0 spiro atoms. The van der Waals surface area contributed by atoms with Crippen molar-refractivity contribution in [2.45, 2.75) is 31.6 Å². The molecule has 3 unspecified atom stereocenters. The van der Waals surface area contributed by atoms with Crippen molar-refractivity contribution >= 4 is 17.0 Å². The van der Waals surface area contributed by atoms with Crippen molar-refractivity contribution in [3.05, 3.63) is 29.3 Å². The lowest BCUT2D eigenvalue weighted by atomic mass is 9.88. The second-order valence-corrected chi connectivity index (χ2v) is 6.06. The monoisotopic (exact) mass is 274 g/mol. The number of benzene rings is 1. The van der Waals surface area contributed by atoms with Gasteiger partial charge in [0, 0.05) is 12.0 Å². The molecule has 2 fully saturated rings. The number of carboxylic acids is 1. The van der Waals surface area contributed by atoms with E-state index < -0.39 is 11.8 Å². The van der Waals surface area contributed by atoms with Crippen LogP contribution in [-0.4, -0.2) is 21.0 Å². The number of hydrogen-bond donors (Lipinski definition) is 2. The Morgan fingerprint density at radius 2 is 2.20 bits per heavy atom. The maximum atomic E-state index is 13.7. The number of hydrogen-bond acceptors (Lipinski definition) is 2. The Bertz CT molecular complexity index is 709. The minimum absolute atomic E-state index is 0.316. The van der Waals surface area contributed by atoms with Crippen LogP contribution in [0.1, 0.15) is 47.8 Å². The molecule has 1 aromatic carbocycles. The second-order valence-electron chi connectivity index (χ2n) is 6.06. The van der Waals surface area contributed by atoms with Gasteiger partial charge in [0.25, 0.3) is 0 Å². The number of nitrogens with zero attached hydrogens (tertiary/aromatic N) is 1. The molecule has 2 aromatic rings. The average molecular weight is 274 g/mol. The number of halogens is 1. The molecule has 4 nitrogen and oxygen atoms in total. The first-order valence-electron chi connectivity index (χ1n) is 7.04. The quantitative estimate of drug-likeness (QED) is 0.883. The van der Waals surface area contributed by atoms with Crippen LogP contribution in [0.2, 0.25) is 0 Å². The minimum atomic E-state index is -1.26. The van der Waals surface area contributed by atoms with Crippen LogP contribution in [0.3, 0.4) is 0 Å². The highest BCUT2D eigenvalue weighted by atomic mass is 19.1. The third kappa shape index (κ3) is 1.65. The Labute approximate surface area is 115 Å². The smallest absolute Gasteiger partial charge is 0.338 e. The van der Waals surface area contributed by atoms with Crippen molar-refractivity contribution in [1.29, 1.82) is 0 Å². The van der Waals surface area contributed by atoms with E-state index in [1.54, 1.807) is 0 Å². The van der Waals surface area contributed by atoms with E-state index in [1.807, 2.05) is 0 Å². The van der Waals surface area contributed by atoms with Crippen molar-refractivity contribution in [3.63, 3.8) is 0 Å². The number of nitrogens with one attached hydrogen (secondary N) is 1. The van der Waals surface area contributed by atoms with Gasteiger partial charge in [-0.1, -0.05) is 6.42 Å². The summed E-state index contributed by atoms with van der Waals surface area (Å²) in [5, 5.41) is 8.95. The van der Waals surface area contributed by atoms with Gasteiger partial charge in [-0.05, 0) is 37.2 Å². The van der Waals surface area contributed by atoms with Gasteiger partial charge in [0.2, 0.25) is 0 Å². The zero-order valence-corrected chi connectivity index (χ0v) is 10.9. The van der Waals surface area contributed by atoms with Crippen LogP contribution >= 0.6 is 0 Å². The number of imidazole rings is 1. The Morgan fingerprint density at radius 1 is 1.35 bits per heavy atom. The van der Waals surface area contributed by atoms with Crippen molar-refractivity contribution in [2.24, 2.45) is 11.8 Å². The molecule has 3 atom stereocenters.